The third-order valence-corrected chi connectivity index (χ3v) is 4.35. The van der Waals surface area contributed by atoms with Crippen molar-refractivity contribution < 1.29 is 14.3 Å². The number of carbonyl (C=O) groups is 2. The first kappa shape index (κ1) is 19.6. The van der Waals surface area contributed by atoms with E-state index in [0.717, 1.165) is 24.8 Å². The number of methoxy groups -OCH3 is 1. The van der Waals surface area contributed by atoms with E-state index in [4.69, 9.17) is 4.74 Å². The van der Waals surface area contributed by atoms with Crippen LogP contribution in [0.5, 0.6) is 0 Å². The Morgan fingerprint density at radius 1 is 0.962 bits per heavy atom. The van der Waals surface area contributed by atoms with Gasteiger partial charge in [-0.3, -0.25) is 9.59 Å². The molecule has 0 fully saturated rings. The number of hydrogen-bond acceptors (Lipinski definition) is 3. The molecular formula is C23H26O3. The molecule has 2 rings (SSSR count). The first-order valence-corrected chi connectivity index (χ1v) is 9.01. The van der Waals surface area contributed by atoms with Crippen LogP contribution in [-0.4, -0.2) is 18.9 Å². The average Bonchev–Trinajstić information content (AvgIpc) is 2.67. The monoisotopic (exact) mass is 350 g/mol. The molecule has 0 N–H and O–H groups in total. The normalized spacial score (nSPS) is 12.0. The third-order valence-electron chi connectivity index (χ3n) is 4.35. The van der Waals surface area contributed by atoms with E-state index in [1.54, 1.807) is 6.08 Å². The summed E-state index contributed by atoms with van der Waals surface area (Å²) >= 11 is 0. The van der Waals surface area contributed by atoms with E-state index in [1.807, 2.05) is 54.6 Å². The summed E-state index contributed by atoms with van der Waals surface area (Å²) in [6.07, 6.45) is 6.84. The average molecular weight is 350 g/mol. The fraction of sp³-hybridized carbons (Fsp3) is 0.304. The SMILES string of the molecule is COC(=O)CC[C@@H](C/C=C/C(=O)Cc1ccccc1)Cc1ccccc1. The predicted molar refractivity (Wildman–Crippen MR) is 104 cm³/mol. The molecule has 3 nitrogen and oxygen atoms in total. The molecule has 0 unspecified atom stereocenters. The lowest BCUT2D eigenvalue weighted by molar-refractivity contribution is -0.141. The molecule has 0 aliphatic heterocycles. The minimum Gasteiger partial charge on any atom is -0.469 e. The Hall–Kier alpha value is -2.68. The van der Waals surface area contributed by atoms with E-state index in [0.29, 0.717) is 18.8 Å². The van der Waals surface area contributed by atoms with Crippen LogP contribution in [0.15, 0.2) is 72.8 Å². The van der Waals surface area contributed by atoms with E-state index >= 15 is 0 Å². The van der Waals surface area contributed by atoms with Crippen molar-refractivity contribution in [3.05, 3.63) is 83.9 Å². The molecule has 1 atom stereocenters. The minimum atomic E-state index is -0.188. The molecule has 0 aliphatic rings. The second-order valence-corrected chi connectivity index (χ2v) is 6.44. The Bertz CT molecular complexity index is 705. The first-order valence-electron chi connectivity index (χ1n) is 9.01. The molecule has 0 aliphatic carbocycles. The molecule has 136 valence electrons. The van der Waals surface area contributed by atoms with E-state index in [-0.39, 0.29) is 11.8 Å². The molecule has 2 aromatic carbocycles. The number of ketones is 1. The number of carbonyl (C=O) groups excluding carboxylic acids is 2. The van der Waals surface area contributed by atoms with E-state index in [9.17, 15) is 9.59 Å². The van der Waals surface area contributed by atoms with Crippen molar-refractivity contribution in [2.75, 3.05) is 7.11 Å². The maximum absolute atomic E-state index is 12.1. The zero-order valence-electron chi connectivity index (χ0n) is 15.3. The largest absolute Gasteiger partial charge is 0.469 e. The van der Waals surface area contributed by atoms with Crippen LogP contribution < -0.4 is 0 Å². The van der Waals surface area contributed by atoms with Gasteiger partial charge in [-0.1, -0.05) is 66.7 Å². The van der Waals surface area contributed by atoms with Gasteiger partial charge in [-0.2, -0.15) is 0 Å². The number of benzene rings is 2. The Labute approximate surface area is 155 Å². The van der Waals surface area contributed by atoms with E-state index < -0.39 is 0 Å². The van der Waals surface area contributed by atoms with Crippen molar-refractivity contribution >= 4 is 11.8 Å². The predicted octanol–water partition coefficient (Wildman–Crippen LogP) is 4.56. The van der Waals surface area contributed by atoms with Crippen LogP contribution >= 0.6 is 0 Å². The molecule has 0 bridgehead atoms. The van der Waals surface area contributed by atoms with Gasteiger partial charge in [0.15, 0.2) is 5.78 Å². The van der Waals surface area contributed by atoms with E-state index in [1.165, 1.54) is 12.7 Å². The topological polar surface area (TPSA) is 43.4 Å². The highest BCUT2D eigenvalue weighted by atomic mass is 16.5. The van der Waals surface area contributed by atoms with Crippen LogP contribution in [0, 0.1) is 5.92 Å². The van der Waals surface area contributed by atoms with Gasteiger partial charge in [0, 0.05) is 12.8 Å². The highest BCUT2D eigenvalue weighted by molar-refractivity contribution is 5.91. The molecule has 0 radical (unpaired) electrons. The third kappa shape index (κ3) is 7.47. The van der Waals surface area contributed by atoms with Gasteiger partial charge < -0.3 is 4.74 Å². The molecule has 0 saturated heterocycles. The van der Waals surface area contributed by atoms with Gasteiger partial charge in [-0.25, -0.2) is 0 Å². The lowest BCUT2D eigenvalue weighted by Crippen LogP contribution is -2.09. The van der Waals surface area contributed by atoms with Gasteiger partial charge in [0.2, 0.25) is 0 Å². The van der Waals surface area contributed by atoms with E-state index in [2.05, 4.69) is 12.1 Å². The van der Waals surface area contributed by atoms with Gasteiger partial charge >= 0.3 is 5.97 Å². The van der Waals surface area contributed by atoms with Crippen molar-refractivity contribution in [1.82, 2.24) is 0 Å². The molecule has 0 saturated carbocycles. The standard InChI is InChI=1S/C23H26O3/c1-26-23(25)16-15-21(17-19-9-4-2-5-10-19)13-8-14-22(24)18-20-11-6-3-7-12-20/h2-12,14,21H,13,15-18H2,1H3/b14-8+/t21-/m1/s1. The maximum atomic E-state index is 12.1. The lowest BCUT2D eigenvalue weighted by atomic mass is 9.91. The zero-order valence-corrected chi connectivity index (χ0v) is 15.3. The fourth-order valence-electron chi connectivity index (χ4n) is 2.92. The molecule has 0 heterocycles. The number of ether oxygens (including phenoxy) is 1. The highest BCUT2D eigenvalue weighted by Gasteiger charge is 2.12. The summed E-state index contributed by atoms with van der Waals surface area (Å²) < 4.78 is 4.75. The number of hydrogen-bond donors (Lipinski definition) is 0. The van der Waals surface area contributed by atoms with Crippen LogP contribution in [0.1, 0.15) is 30.4 Å². The van der Waals surface area contributed by atoms with Gasteiger partial charge in [-0.15, -0.1) is 0 Å². The first-order chi connectivity index (χ1) is 12.7. The highest BCUT2D eigenvalue weighted by Crippen LogP contribution is 2.19. The summed E-state index contributed by atoms with van der Waals surface area (Å²) in [6.45, 7) is 0. The quantitative estimate of drug-likeness (QED) is 0.466. The molecule has 0 spiro atoms. The number of allylic oxidation sites excluding steroid dienone is 2. The summed E-state index contributed by atoms with van der Waals surface area (Å²) in [5.74, 6) is 0.215. The van der Waals surface area contributed by atoms with Crippen LogP contribution in [0.4, 0.5) is 0 Å². The summed E-state index contributed by atoms with van der Waals surface area (Å²) in [5.41, 5.74) is 2.26. The second kappa shape index (κ2) is 11.0. The summed E-state index contributed by atoms with van der Waals surface area (Å²) in [7, 11) is 1.41. The Morgan fingerprint density at radius 3 is 2.19 bits per heavy atom. The molecule has 0 aromatic heterocycles. The van der Waals surface area contributed by atoms with Crippen LogP contribution in [0.3, 0.4) is 0 Å². The molecular weight excluding hydrogens is 324 g/mol. The van der Waals surface area contributed by atoms with Gasteiger partial charge in [0.25, 0.3) is 0 Å². The maximum Gasteiger partial charge on any atom is 0.305 e. The fourth-order valence-corrected chi connectivity index (χ4v) is 2.92. The second-order valence-electron chi connectivity index (χ2n) is 6.44. The van der Waals surface area contributed by atoms with Crippen molar-refractivity contribution in [3.8, 4) is 0 Å². The summed E-state index contributed by atoms with van der Waals surface area (Å²) in [5, 5.41) is 0. The van der Waals surface area contributed by atoms with Crippen LogP contribution in [0.2, 0.25) is 0 Å². The smallest absolute Gasteiger partial charge is 0.305 e. The summed E-state index contributed by atoms with van der Waals surface area (Å²) in [6, 6.07) is 20.0. The van der Waals surface area contributed by atoms with Crippen molar-refractivity contribution in [3.63, 3.8) is 0 Å². The molecule has 2 aromatic rings. The lowest BCUT2D eigenvalue weighted by Gasteiger charge is -2.14. The van der Waals surface area contributed by atoms with Crippen molar-refractivity contribution in [1.29, 1.82) is 0 Å². The molecule has 26 heavy (non-hydrogen) atoms. The Balaban J connectivity index is 1.89. The Kier molecular flexibility index (Phi) is 8.34. The zero-order chi connectivity index (χ0) is 18.6. The minimum absolute atomic E-state index is 0.0997. The number of rotatable bonds is 10. The van der Waals surface area contributed by atoms with Crippen LogP contribution in [0.25, 0.3) is 0 Å². The van der Waals surface area contributed by atoms with Crippen LogP contribution in [-0.2, 0) is 27.2 Å². The van der Waals surface area contributed by atoms with Gasteiger partial charge in [0.05, 0.1) is 7.11 Å². The number of esters is 1. The Morgan fingerprint density at radius 2 is 1.58 bits per heavy atom. The van der Waals surface area contributed by atoms with Gasteiger partial charge in [-0.05, 0) is 42.4 Å². The van der Waals surface area contributed by atoms with Crippen molar-refractivity contribution in [2.24, 2.45) is 5.92 Å². The molecule has 3 heteroatoms. The van der Waals surface area contributed by atoms with Crippen molar-refractivity contribution in [2.45, 2.75) is 32.1 Å². The molecule has 0 amide bonds. The summed E-state index contributed by atoms with van der Waals surface area (Å²) in [4.78, 5) is 23.6. The van der Waals surface area contributed by atoms with Gasteiger partial charge in [0.1, 0.15) is 0 Å².